The topological polar surface area (TPSA) is 0 Å². The average molecular weight is 569 g/mol. The van der Waals surface area contributed by atoms with Crippen molar-refractivity contribution in [2.45, 2.75) is 5.92 Å². The molecule has 0 fully saturated rings. The standard InChI is InChI=1S/C45H28/c1-2-13-28(14-3-1)40-26-29-15-4-5-17-32(29)44(40)45-38-22-10-8-20-36(38)43(37-21-9-11-23-39(37)45)31-25-30-16-12-24-35-33-18-6-7-19-34(33)41(27-31)42(30)35/h1-27,44H. The fraction of sp³-hybridized carbons (Fsp3) is 0.0222. The maximum Gasteiger partial charge on any atom is 0.0364 e. The van der Waals surface area contributed by atoms with Gasteiger partial charge in [-0.3, -0.25) is 0 Å². The van der Waals surface area contributed by atoms with Crippen molar-refractivity contribution in [1.29, 1.82) is 0 Å². The quantitative estimate of drug-likeness (QED) is 0.186. The number of hydrogen-bond donors (Lipinski definition) is 0. The maximum atomic E-state index is 2.45. The predicted octanol–water partition coefficient (Wildman–Crippen LogP) is 12.1. The lowest BCUT2D eigenvalue weighted by atomic mass is 9.78. The molecule has 1 atom stereocenters. The van der Waals surface area contributed by atoms with Gasteiger partial charge in [0.05, 0.1) is 0 Å². The van der Waals surface area contributed by atoms with Gasteiger partial charge in [-0.1, -0.05) is 146 Å². The van der Waals surface area contributed by atoms with E-state index in [0.29, 0.717) is 0 Å². The normalized spacial score (nSPS) is 14.6. The van der Waals surface area contributed by atoms with Crippen molar-refractivity contribution in [2.75, 3.05) is 0 Å². The Morgan fingerprint density at radius 3 is 1.76 bits per heavy atom. The van der Waals surface area contributed by atoms with E-state index in [1.807, 2.05) is 0 Å². The second-order valence-corrected chi connectivity index (χ2v) is 12.4. The Bertz CT molecular complexity index is 2470. The van der Waals surface area contributed by atoms with Gasteiger partial charge in [-0.05, 0) is 112 Å². The second kappa shape index (κ2) is 9.39. The minimum absolute atomic E-state index is 0.135. The molecule has 0 N–H and O–H groups in total. The number of fused-ring (bicyclic) bond motifs is 6. The third-order valence-corrected chi connectivity index (χ3v) is 10.1. The zero-order valence-electron chi connectivity index (χ0n) is 24.7. The van der Waals surface area contributed by atoms with Crippen molar-refractivity contribution in [1.82, 2.24) is 0 Å². The van der Waals surface area contributed by atoms with E-state index in [9.17, 15) is 0 Å². The zero-order valence-corrected chi connectivity index (χ0v) is 24.7. The fourth-order valence-electron chi connectivity index (χ4n) is 8.26. The molecule has 45 heavy (non-hydrogen) atoms. The van der Waals surface area contributed by atoms with Gasteiger partial charge in [0.25, 0.3) is 0 Å². The van der Waals surface area contributed by atoms with Gasteiger partial charge in [0.15, 0.2) is 0 Å². The third-order valence-electron chi connectivity index (χ3n) is 10.1. The Morgan fingerprint density at radius 2 is 1.00 bits per heavy atom. The van der Waals surface area contributed by atoms with E-state index in [2.05, 4.69) is 164 Å². The predicted molar refractivity (Wildman–Crippen MR) is 191 cm³/mol. The van der Waals surface area contributed by atoms with Crippen molar-refractivity contribution in [2.24, 2.45) is 0 Å². The number of allylic oxidation sites excluding steroid dienone is 1. The van der Waals surface area contributed by atoms with Crippen molar-refractivity contribution in [3.8, 4) is 33.4 Å². The molecule has 0 radical (unpaired) electrons. The molecule has 0 amide bonds. The molecule has 10 rings (SSSR count). The van der Waals surface area contributed by atoms with Crippen LogP contribution in [-0.2, 0) is 0 Å². The molecule has 2 aliphatic carbocycles. The third kappa shape index (κ3) is 3.48. The Hall–Kier alpha value is -5.72. The molecular weight excluding hydrogens is 540 g/mol. The van der Waals surface area contributed by atoms with Crippen molar-refractivity contribution in [3.63, 3.8) is 0 Å². The number of rotatable bonds is 3. The number of hydrogen-bond acceptors (Lipinski definition) is 0. The van der Waals surface area contributed by atoms with Gasteiger partial charge in [0, 0.05) is 5.92 Å². The molecule has 0 aliphatic heterocycles. The second-order valence-electron chi connectivity index (χ2n) is 12.4. The molecule has 0 aromatic heterocycles. The van der Waals surface area contributed by atoms with E-state index in [-0.39, 0.29) is 5.92 Å². The monoisotopic (exact) mass is 568 g/mol. The molecule has 0 nitrogen and oxygen atoms in total. The Kier molecular flexibility index (Phi) is 5.15. The van der Waals surface area contributed by atoms with Crippen LogP contribution in [0.25, 0.3) is 77.3 Å². The minimum atomic E-state index is 0.135. The highest BCUT2D eigenvalue weighted by molar-refractivity contribution is 6.21. The molecule has 1 unspecified atom stereocenters. The van der Waals surface area contributed by atoms with Gasteiger partial charge in [-0.2, -0.15) is 0 Å². The smallest absolute Gasteiger partial charge is 0.0364 e. The summed E-state index contributed by atoms with van der Waals surface area (Å²) in [6, 6.07) is 58.6. The van der Waals surface area contributed by atoms with Crippen LogP contribution < -0.4 is 0 Å². The summed E-state index contributed by atoms with van der Waals surface area (Å²) in [4.78, 5) is 0. The van der Waals surface area contributed by atoms with Crippen LogP contribution in [0, 0.1) is 0 Å². The summed E-state index contributed by atoms with van der Waals surface area (Å²) in [6.07, 6.45) is 2.41. The van der Waals surface area contributed by atoms with Crippen molar-refractivity contribution in [3.05, 3.63) is 180 Å². The van der Waals surface area contributed by atoms with Gasteiger partial charge < -0.3 is 0 Å². The first-order valence-corrected chi connectivity index (χ1v) is 15.8. The van der Waals surface area contributed by atoms with Crippen molar-refractivity contribution < 1.29 is 0 Å². The summed E-state index contributed by atoms with van der Waals surface area (Å²) in [7, 11) is 0. The maximum absolute atomic E-state index is 2.45. The molecule has 0 saturated heterocycles. The number of benzene rings is 8. The Morgan fingerprint density at radius 1 is 0.400 bits per heavy atom. The van der Waals surface area contributed by atoms with Crippen LogP contribution >= 0.6 is 0 Å². The molecule has 0 spiro atoms. The lowest BCUT2D eigenvalue weighted by Crippen LogP contribution is -2.04. The lowest BCUT2D eigenvalue weighted by molar-refractivity contribution is 1.10. The highest BCUT2D eigenvalue weighted by atomic mass is 14.3. The summed E-state index contributed by atoms with van der Waals surface area (Å²) in [6.45, 7) is 0. The minimum Gasteiger partial charge on any atom is -0.0622 e. The average Bonchev–Trinajstić information content (AvgIpc) is 3.65. The first-order valence-electron chi connectivity index (χ1n) is 15.8. The zero-order chi connectivity index (χ0) is 29.5. The van der Waals surface area contributed by atoms with Gasteiger partial charge in [-0.15, -0.1) is 0 Å². The van der Waals surface area contributed by atoms with E-state index >= 15 is 0 Å². The summed E-state index contributed by atoms with van der Waals surface area (Å²) in [5.74, 6) is 0.135. The molecule has 0 saturated carbocycles. The van der Waals surface area contributed by atoms with Crippen LogP contribution in [0.3, 0.4) is 0 Å². The fourth-order valence-corrected chi connectivity index (χ4v) is 8.26. The SMILES string of the molecule is C1=C(c2ccccc2)C(c2c3ccccc3c(-c3cc4c5c(cccc5c3)-c3ccccc3-4)c3ccccc23)c2ccccc21. The van der Waals surface area contributed by atoms with Crippen LogP contribution in [0.15, 0.2) is 158 Å². The van der Waals surface area contributed by atoms with Gasteiger partial charge >= 0.3 is 0 Å². The molecular formula is C45H28. The van der Waals surface area contributed by atoms with Crippen LogP contribution in [0.1, 0.15) is 28.2 Å². The van der Waals surface area contributed by atoms with E-state index in [1.54, 1.807) is 0 Å². The molecule has 0 bridgehead atoms. The summed E-state index contributed by atoms with van der Waals surface area (Å²) >= 11 is 0. The van der Waals surface area contributed by atoms with E-state index in [0.717, 1.165) is 0 Å². The van der Waals surface area contributed by atoms with E-state index in [4.69, 9.17) is 0 Å². The summed E-state index contributed by atoms with van der Waals surface area (Å²) < 4.78 is 0. The van der Waals surface area contributed by atoms with Gasteiger partial charge in [-0.25, -0.2) is 0 Å². The first kappa shape index (κ1) is 24.7. The Labute approximate surface area is 262 Å². The first-order chi connectivity index (χ1) is 22.3. The largest absolute Gasteiger partial charge is 0.0622 e. The van der Waals surface area contributed by atoms with E-state index < -0.39 is 0 Å². The molecule has 208 valence electrons. The van der Waals surface area contributed by atoms with Crippen LogP contribution in [0.5, 0.6) is 0 Å². The van der Waals surface area contributed by atoms with Crippen LogP contribution in [0.2, 0.25) is 0 Å². The highest BCUT2D eigenvalue weighted by Crippen LogP contribution is 2.53. The van der Waals surface area contributed by atoms with Crippen LogP contribution in [0.4, 0.5) is 0 Å². The molecule has 8 aromatic carbocycles. The molecule has 0 heteroatoms. The molecule has 0 heterocycles. The van der Waals surface area contributed by atoms with Gasteiger partial charge in [0.2, 0.25) is 0 Å². The summed E-state index contributed by atoms with van der Waals surface area (Å²) in [5.41, 5.74) is 14.7. The summed E-state index contributed by atoms with van der Waals surface area (Å²) in [5, 5.41) is 7.91. The lowest BCUT2D eigenvalue weighted by Gasteiger charge is -2.24. The van der Waals surface area contributed by atoms with Crippen LogP contribution in [-0.4, -0.2) is 0 Å². The Balaban J connectivity index is 1.31. The van der Waals surface area contributed by atoms with E-state index in [1.165, 1.54) is 93.5 Å². The van der Waals surface area contributed by atoms with Gasteiger partial charge in [0.1, 0.15) is 0 Å². The molecule has 8 aromatic rings. The highest BCUT2D eigenvalue weighted by Gasteiger charge is 2.31. The molecule has 2 aliphatic rings. The van der Waals surface area contributed by atoms with Crippen molar-refractivity contribution >= 4 is 44.0 Å².